The zero-order chi connectivity index (χ0) is 15.5. The zero-order valence-corrected chi connectivity index (χ0v) is 14.1. The van der Waals surface area contributed by atoms with Crippen LogP contribution in [0.2, 0.25) is 0 Å². The van der Waals surface area contributed by atoms with Crippen LogP contribution < -0.4 is 5.73 Å². The van der Waals surface area contributed by atoms with Crippen LogP contribution in [-0.4, -0.2) is 56.0 Å². The van der Waals surface area contributed by atoms with E-state index in [0.29, 0.717) is 18.4 Å². The Morgan fingerprint density at radius 2 is 1.81 bits per heavy atom. The van der Waals surface area contributed by atoms with Crippen LogP contribution in [0.4, 0.5) is 0 Å². The average Bonchev–Trinajstić information content (AvgIpc) is 2.50. The van der Waals surface area contributed by atoms with E-state index in [1.807, 2.05) is 11.9 Å². The predicted octanol–water partition coefficient (Wildman–Crippen LogP) is 1.94. The van der Waals surface area contributed by atoms with Crippen molar-refractivity contribution < 1.29 is 4.79 Å². The Labute approximate surface area is 130 Å². The molecule has 0 radical (unpaired) electrons. The van der Waals surface area contributed by atoms with Gasteiger partial charge in [0.2, 0.25) is 5.91 Å². The summed E-state index contributed by atoms with van der Waals surface area (Å²) >= 11 is 0. The van der Waals surface area contributed by atoms with Gasteiger partial charge in [0, 0.05) is 20.1 Å². The molecule has 4 nitrogen and oxygen atoms in total. The topological polar surface area (TPSA) is 49.6 Å². The number of carbonyl (C=O) groups is 1. The zero-order valence-electron chi connectivity index (χ0n) is 14.1. The van der Waals surface area contributed by atoms with Crippen molar-refractivity contribution in [3.8, 4) is 0 Å². The van der Waals surface area contributed by atoms with Gasteiger partial charge in [-0.2, -0.15) is 0 Å². The number of likely N-dealkylation sites (tertiary alicyclic amines) is 1. The Morgan fingerprint density at radius 3 is 2.33 bits per heavy atom. The normalized spacial score (nSPS) is 32.1. The molecule has 2 N–H and O–H groups in total. The summed E-state index contributed by atoms with van der Waals surface area (Å²) in [5.74, 6) is 1.71. The van der Waals surface area contributed by atoms with Gasteiger partial charge in [0.15, 0.2) is 0 Å². The molecule has 2 rings (SSSR count). The van der Waals surface area contributed by atoms with Crippen LogP contribution in [0, 0.1) is 17.3 Å². The molecule has 122 valence electrons. The van der Waals surface area contributed by atoms with Gasteiger partial charge >= 0.3 is 0 Å². The molecule has 0 aromatic carbocycles. The second kappa shape index (κ2) is 7.10. The van der Waals surface area contributed by atoms with Crippen LogP contribution >= 0.6 is 0 Å². The minimum absolute atomic E-state index is 0.271. The smallest absolute Gasteiger partial charge is 0.229 e. The monoisotopic (exact) mass is 295 g/mol. The molecule has 4 heteroatoms. The summed E-state index contributed by atoms with van der Waals surface area (Å²) in [5, 5.41) is 0. The van der Waals surface area contributed by atoms with E-state index in [2.05, 4.69) is 18.9 Å². The van der Waals surface area contributed by atoms with Crippen LogP contribution in [0.1, 0.15) is 45.4 Å². The van der Waals surface area contributed by atoms with Crippen LogP contribution in [-0.2, 0) is 4.79 Å². The van der Waals surface area contributed by atoms with E-state index < -0.39 is 0 Å². The first-order chi connectivity index (χ1) is 9.97. The predicted molar refractivity (Wildman–Crippen MR) is 87.0 cm³/mol. The summed E-state index contributed by atoms with van der Waals surface area (Å²) in [6.45, 7) is 6.02. The maximum absolute atomic E-state index is 12.9. The lowest BCUT2D eigenvalue weighted by Crippen LogP contribution is -2.50. The number of rotatable bonds is 4. The lowest BCUT2D eigenvalue weighted by atomic mass is 9.70. The van der Waals surface area contributed by atoms with Gasteiger partial charge in [-0.3, -0.25) is 4.79 Å². The van der Waals surface area contributed by atoms with Crippen molar-refractivity contribution in [3.05, 3.63) is 0 Å². The van der Waals surface area contributed by atoms with E-state index in [1.165, 1.54) is 12.8 Å². The third kappa shape index (κ3) is 3.98. The largest absolute Gasteiger partial charge is 0.345 e. The number of hydrogen-bond donors (Lipinski definition) is 1. The molecule has 1 heterocycles. The van der Waals surface area contributed by atoms with E-state index in [4.69, 9.17) is 5.73 Å². The maximum atomic E-state index is 12.9. The molecule has 2 aliphatic rings. The lowest BCUT2D eigenvalue weighted by molar-refractivity contribution is -0.143. The summed E-state index contributed by atoms with van der Waals surface area (Å²) in [4.78, 5) is 17.3. The first-order valence-electron chi connectivity index (χ1n) is 8.61. The Kier molecular flexibility index (Phi) is 5.67. The highest BCUT2D eigenvalue weighted by Crippen LogP contribution is 2.39. The van der Waals surface area contributed by atoms with E-state index in [9.17, 15) is 4.79 Å². The highest BCUT2D eigenvalue weighted by atomic mass is 16.2. The van der Waals surface area contributed by atoms with Crippen molar-refractivity contribution in [1.29, 1.82) is 0 Å². The number of piperidine rings is 1. The van der Waals surface area contributed by atoms with Gasteiger partial charge in [0.1, 0.15) is 0 Å². The Hall–Kier alpha value is -0.610. The van der Waals surface area contributed by atoms with Gasteiger partial charge in [0.05, 0.1) is 5.41 Å². The minimum atomic E-state index is -0.271. The van der Waals surface area contributed by atoms with Crippen molar-refractivity contribution in [2.45, 2.75) is 45.4 Å². The molecule has 1 aliphatic heterocycles. The van der Waals surface area contributed by atoms with Crippen LogP contribution in [0.5, 0.6) is 0 Å². The minimum Gasteiger partial charge on any atom is -0.345 e. The summed E-state index contributed by atoms with van der Waals surface area (Å²) in [5.41, 5.74) is 5.75. The number of amides is 1. The third-order valence-electron chi connectivity index (χ3n) is 5.79. The number of nitrogens with zero attached hydrogens (tertiary/aromatic N) is 2. The fourth-order valence-electron chi connectivity index (χ4n) is 3.94. The second-order valence-corrected chi connectivity index (χ2v) is 7.60. The van der Waals surface area contributed by atoms with Gasteiger partial charge in [-0.15, -0.1) is 0 Å². The Morgan fingerprint density at radius 1 is 1.24 bits per heavy atom. The Balaban J connectivity index is 1.91. The molecular formula is C17H33N3O. The first-order valence-corrected chi connectivity index (χ1v) is 8.61. The number of nitrogens with two attached hydrogens (primary N) is 1. The van der Waals surface area contributed by atoms with Crippen molar-refractivity contribution in [2.24, 2.45) is 23.0 Å². The van der Waals surface area contributed by atoms with Crippen molar-refractivity contribution >= 4 is 5.91 Å². The van der Waals surface area contributed by atoms with E-state index in [1.54, 1.807) is 0 Å². The van der Waals surface area contributed by atoms with E-state index in [0.717, 1.165) is 51.2 Å². The molecule has 0 aromatic rings. The molecule has 1 aliphatic carbocycles. The number of carbonyl (C=O) groups excluding carboxylic acids is 1. The molecule has 0 unspecified atom stereocenters. The molecule has 2 fully saturated rings. The quantitative estimate of drug-likeness (QED) is 0.862. The molecule has 1 saturated heterocycles. The fourth-order valence-corrected chi connectivity index (χ4v) is 3.94. The molecule has 0 bridgehead atoms. The van der Waals surface area contributed by atoms with Crippen LogP contribution in [0.3, 0.4) is 0 Å². The van der Waals surface area contributed by atoms with Crippen molar-refractivity contribution in [1.82, 2.24) is 9.80 Å². The molecule has 0 aromatic heterocycles. The van der Waals surface area contributed by atoms with Gasteiger partial charge in [0.25, 0.3) is 0 Å². The molecule has 1 saturated carbocycles. The van der Waals surface area contributed by atoms with Crippen LogP contribution in [0.25, 0.3) is 0 Å². The molecular weight excluding hydrogens is 262 g/mol. The van der Waals surface area contributed by atoms with Crippen LogP contribution in [0.15, 0.2) is 0 Å². The van der Waals surface area contributed by atoms with Crippen molar-refractivity contribution in [3.63, 3.8) is 0 Å². The van der Waals surface area contributed by atoms with E-state index in [-0.39, 0.29) is 5.41 Å². The molecule has 0 spiro atoms. The summed E-state index contributed by atoms with van der Waals surface area (Å²) in [6, 6.07) is 0. The first kappa shape index (κ1) is 16.8. The third-order valence-corrected chi connectivity index (χ3v) is 5.79. The summed E-state index contributed by atoms with van der Waals surface area (Å²) < 4.78 is 0. The fraction of sp³-hybridized carbons (Fsp3) is 0.941. The molecule has 21 heavy (non-hydrogen) atoms. The molecule has 1 amide bonds. The Bertz CT molecular complexity index is 342. The van der Waals surface area contributed by atoms with Gasteiger partial charge in [-0.05, 0) is 70.5 Å². The number of hydrogen-bond acceptors (Lipinski definition) is 3. The lowest BCUT2D eigenvalue weighted by Gasteiger charge is -2.41. The van der Waals surface area contributed by atoms with Gasteiger partial charge in [-0.25, -0.2) is 0 Å². The van der Waals surface area contributed by atoms with E-state index >= 15 is 0 Å². The highest BCUT2D eigenvalue weighted by molar-refractivity contribution is 5.83. The average molecular weight is 295 g/mol. The van der Waals surface area contributed by atoms with Gasteiger partial charge < -0.3 is 15.5 Å². The summed E-state index contributed by atoms with van der Waals surface area (Å²) in [7, 11) is 4.16. The van der Waals surface area contributed by atoms with Gasteiger partial charge in [-0.1, -0.05) is 6.92 Å². The molecule has 0 atom stereocenters. The summed E-state index contributed by atoms with van der Waals surface area (Å²) in [6.07, 6.45) is 6.65. The standard InChI is InChI=1S/C17H33N3O/c1-14-4-8-17(13-18,9-5-14)16(21)20(3)12-15-6-10-19(2)11-7-15/h14-15H,4-13,18H2,1-3H3. The second-order valence-electron chi connectivity index (χ2n) is 7.60. The van der Waals surface area contributed by atoms with Crippen molar-refractivity contribution in [2.75, 3.05) is 40.3 Å². The highest BCUT2D eigenvalue weighted by Gasteiger charge is 2.41. The maximum Gasteiger partial charge on any atom is 0.229 e. The SMILES string of the molecule is CC1CCC(CN)(C(=O)N(C)CC2CCN(C)CC2)CC1.